The van der Waals surface area contributed by atoms with Crippen molar-refractivity contribution in [2.75, 3.05) is 24.8 Å². The monoisotopic (exact) mass is 409 g/mol. The van der Waals surface area contributed by atoms with E-state index in [1.807, 2.05) is 50.2 Å². The minimum Gasteiger partial charge on any atom is -0.497 e. The van der Waals surface area contributed by atoms with E-state index in [0.717, 1.165) is 39.8 Å². The molecule has 1 aliphatic rings. The summed E-state index contributed by atoms with van der Waals surface area (Å²) in [6.07, 6.45) is 0. The molecule has 0 bridgehead atoms. The van der Waals surface area contributed by atoms with Gasteiger partial charge in [-0.25, -0.2) is 4.68 Å². The van der Waals surface area contributed by atoms with E-state index in [9.17, 15) is 4.79 Å². The number of carbonyl (C=O) groups excluding carboxylic acids is 1. The summed E-state index contributed by atoms with van der Waals surface area (Å²) in [7, 11) is 1.64. The average molecular weight is 410 g/mol. The molecular weight excluding hydrogens is 386 g/mol. The van der Waals surface area contributed by atoms with Crippen molar-refractivity contribution in [2.45, 2.75) is 19.1 Å². The lowest BCUT2D eigenvalue weighted by Crippen LogP contribution is -2.15. The van der Waals surface area contributed by atoms with Gasteiger partial charge in [0.25, 0.3) is 0 Å². The van der Waals surface area contributed by atoms with Crippen LogP contribution >= 0.6 is 11.8 Å². The second kappa shape index (κ2) is 8.21. The van der Waals surface area contributed by atoms with Gasteiger partial charge in [0, 0.05) is 5.56 Å². The highest BCUT2D eigenvalue weighted by molar-refractivity contribution is 8.00. The molecule has 2 heterocycles. The van der Waals surface area contributed by atoms with Crippen molar-refractivity contribution in [3.63, 3.8) is 0 Å². The molecule has 6 nitrogen and oxygen atoms in total. The number of methoxy groups -OCH3 is 1. The van der Waals surface area contributed by atoms with Crippen molar-refractivity contribution in [1.82, 2.24) is 9.78 Å². The molecule has 0 fully saturated rings. The van der Waals surface area contributed by atoms with Crippen molar-refractivity contribution < 1.29 is 14.3 Å². The van der Waals surface area contributed by atoms with Crippen LogP contribution in [0.3, 0.4) is 0 Å². The van der Waals surface area contributed by atoms with Crippen LogP contribution in [0.5, 0.6) is 11.5 Å². The van der Waals surface area contributed by atoms with E-state index in [2.05, 4.69) is 17.4 Å². The van der Waals surface area contributed by atoms with Gasteiger partial charge < -0.3 is 14.8 Å². The Kier molecular flexibility index (Phi) is 5.49. The van der Waals surface area contributed by atoms with Crippen LogP contribution in [0, 0.1) is 6.92 Å². The number of hydrogen-bond donors (Lipinski definition) is 1. The number of aryl methyl sites for hydroxylation is 1. The lowest BCUT2D eigenvalue weighted by atomic mass is 10.0. The van der Waals surface area contributed by atoms with Crippen LogP contribution < -0.4 is 14.8 Å². The van der Waals surface area contributed by atoms with E-state index in [1.165, 1.54) is 0 Å². The number of nitrogens with one attached hydrogen (secondary N) is 1. The summed E-state index contributed by atoms with van der Waals surface area (Å²) in [5.41, 5.74) is 3.91. The smallest absolute Gasteiger partial charge is 0.235 e. The quantitative estimate of drug-likeness (QED) is 0.678. The van der Waals surface area contributed by atoms with Gasteiger partial charge in [-0.1, -0.05) is 12.1 Å². The van der Waals surface area contributed by atoms with Crippen LogP contribution in [0.1, 0.15) is 29.0 Å². The van der Waals surface area contributed by atoms with E-state index < -0.39 is 0 Å². The minimum absolute atomic E-state index is 0.00613. The first-order valence-electron chi connectivity index (χ1n) is 9.49. The number of ether oxygens (including phenoxy) is 2. The highest BCUT2D eigenvalue weighted by atomic mass is 32.2. The van der Waals surface area contributed by atoms with Crippen molar-refractivity contribution in [3.05, 3.63) is 65.4 Å². The lowest BCUT2D eigenvalue weighted by Gasteiger charge is -2.16. The van der Waals surface area contributed by atoms with E-state index in [0.29, 0.717) is 12.4 Å². The van der Waals surface area contributed by atoms with Gasteiger partial charge in [-0.05, 0) is 55.8 Å². The van der Waals surface area contributed by atoms with E-state index >= 15 is 0 Å². The van der Waals surface area contributed by atoms with Gasteiger partial charge in [0.2, 0.25) is 5.91 Å². The molecule has 3 aromatic rings. The van der Waals surface area contributed by atoms with Crippen molar-refractivity contribution in [3.8, 4) is 17.2 Å². The molecular formula is C22H23N3O3S. The molecule has 1 amide bonds. The molecule has 2 aromatic carbocycles. The summed E-state index contributed by atoms with van der Waals surface area (Å²) >= 11 is 1.61. The van der Waals surface area contributed by atoms with Gasteiger partial charge in [0.15, 0.2) is 0 Å². The highest BCUT2D eigenvalue weighted by Crippen LogP contribution is 2.44. The highest BCUT2D eigenvalue weighted by Gasteiger charge is 2.30. The molecule has 1 N–H and O–H groups in total. The molecule has 4 rings (SSSR count). The molecule has 29 heavy (non-hydrogen) atoms. The van der Waals surface area contributed by atoms with Crippen molar-refractivity contribution in [1.29, 1.82) is 0 Å². The fourth-order valence-corrected chi connectivity index (χ4v) is 4.65. The second-order valence-corrected chi connectivity index (χ2v) is 7.79. The maximum Gasteiger partial charge on any atom is 0.235 e. The summed E-state index contributed by atoms with van der Waals surface area (Å²) in [5, 5.41) is 7.80. The zero-order valence-electron chi connectivity index (χ0n) is 16.6. The number of anilines is 1. The van der Waals surface area contributed by atoms with Crippen molar-refractivity contribution >= 4 is 23.5 Å². The van der Waals surface area contributed by atoms with Gasteiger partial charge in [-0.2, -0.15) is 5.10 Å². The number of hydrogen-bond acceptors (Lipinski definition) is 5. The molecule has 1 aliphatic heterocycles. The molecule has 0 saturated carbocycles. The predicted octanol–water partition coefficient (Wildman–Crippen LogP) is 4.36. The number of carbonyl (C=O) groups is 1. The Morgan fingerprint density at radius 3 is 2.48 bits per heavy atom. The van der Waals surface area contributed by atoms with Crippen LogP contribution in [-0.2, 0) is 4.79 Å². The van der Waals surface area contributed by atoms with Crippen LogP contribution in [0.2, 0.25) is 0 Å². The number of fused-ring (bicyclic) bond motifs is 1. The third-order valence-corrected chi connectivity index (χ3v) is 6.09. The van der Waals surface area contributed by atoms with Gasteiger partial charge in [0.05, 0.1) is 36.1 Å². The number of nitrogens with zero attached hydrogens (tertiary/aromatic N) is 2. The summed E-state index contributed by atoms with van der Waals surface area (Å²) in [6, 6.07) is 15.7. The third kappa shape index (κ3) is 3.82. The molecule has 1 aromatic heterocycles. The Hall–Kier alpha value is -2.93. The molecule has 0 aliphatic carbocycles. The first-order chi connectivity index (χ1) is 14.1. The molecule has 150 valence electrons. The molecule has 7 heteroatoms. The summed E-state index contributed by atoms with van der Waals surface area (Å²) in [4.78, 5) is 12.4. The maximum atomic E-state index is 12.4. The van der Waals surface area contributed by atoms with Gasteiger partial charge in [0.1, 0.15) is 17.3 Å². The Bertz CT molecular complexity index is 1010. The molecule has 1 unspecified atom stereocenters. The van der Waals surface area contributed by atoms with Crippen LogP contribution in [0.4, 0.5) is 5.82 Å². The van der Waals surface area contributed by atoms with Gasteiger partial charge in [-0.15, -0.1) is 11.8 Å². The SMILES string of the molecule is CCOc1ccc(C2SCC(=O)Nc3c2c(C)nn3-c2ccc(OC)cc2)cc1. The average Bonchev–Trinajstić information content (AvgIpc) is 2.94. The van der Waals surface area contributed by atoms with Crippen LogP contribution in [0.15, 0.2) is 48.5 Å². The molecule has 0 radical (unpaired) electrons. The number of rotatable bonds is 5. The van der Waals surface area contributed by atoms with Crippen molar-refractivity contribution in [2.24, 2.45) is 0 Å². The molecule has 0 spiro atoms. The van der Waals surface area contributed by atoms with E-state index in [4.69, 9.17) is 14.6 Å². The first-order valence-corrected chi connectivity index (χ1v) is 10.5. The normalized spacial score (nSPS) is 16.0. The number of amides is 1. The Labute approximate surface area is 174 Å². The Morgan fingerprint density at radius 2 is 1.83 bits per heavy atom. The predicted molar refractivity (Wildman–Crippen MR) is 115 cm³/mol. The maximum absolute atomic E-state index is 12.4. The number of aromatic nitrogens is 2. The Morgan fingerprint density at radius 1 is 1.14 bits per heavy atom. The molecule has 1 atom stereocenters. The topological polar surface area (TPSA) is 65.4 Å². The fraction of sp³-hybridized carbons (Fsp3) is 0.273. The minimum atomic E-state index is -0.0284. The van der Waals surface area contributed by atoms with E-state index in [1.54, 1.807) is 23.6 Å². The fourth-order valence-electron chi connectivity index (χ4n) is 3.46. The van der Waals surface area contributed by atoms with Gasteiger partial charge >= 0.3 is 0 Å². The lowest BCUT2D eigenvalue weighted by molar-refractivity contribution is -0.113. The zero-order chi connectivity index (χ0) is 20.4. The number of benzene rings is 2. The second-order valence-electron chi connectivity index (χ2n) is 6.70. The standard InChI is InChI=1S/C22H23N3O3S/c1-4-28-18-9-5-15(6-10-18)21-20-14(2)24-25(22(20)23-19(26)13-29-21)16-7-11-17(27-3)12-8-16/h5-12,21H,4,13H2,1-3H3,(H,23,26). The third-order valence-electron chi connectivity index (χ3n) is 4.82. The van der Waals surface area contributed by atoms with Crippen LogP contribution in [-0.4, -0.2) is 35.2 Å². The number of thioether (sulfide) groups is 1. The molecule has 0 saturated heterocycles. The first kappa shape index (κ1) is 19.4. The summed E-state index contributed by atoms with van der Waals surface area (Å²) in [5.74, 6) is 2.70. The van der Waals surface area contributed by atoms with E-state index in [-0.39, 0.29) is 11.2 Å². The van der Waals surface area contributed by atoms with Gasteiger partial charge in [-0.3, -0.25) is 4.79 Å². The zero-order valence-corrected chi connectivity index (χ0v) is 17.5. The summed E-state index contributed by atoms with van der Waals surface area (Å²) in [6.45, 7) is 4.59. The largest absolute Gasteiger partial charge is 0.497 e. The Balaban J connectivity index is 1.78. The van der Waals surface area contributed by atoms with Crippen LogP contribution in [0.25, 0.3) is 5.69 Å². The summed E-state index contributed by atoms with van der Waals surface area (Å²) < 4.78 is 12.6.